The summed E-state index contributed by atoms with van der Waals surface area (Å²) in [4.78, 5) is 0. The molecule has 20 heavy (non-hydrogen) atoms. The van der Waals surface area contributed by atoms with Crippen LogP contribution < -0.4 is 24.8 Å². The summed E-state index contributed by atoms with van der Waals surface area (Å²) in [6.07, 6.45) is 6.49. The summed E-state index contributed by atoms with van der Waals surface area (Å²) in [5.74, 6) is 0.473. The van der Waals surface area contributed by atoms with Crippen molar-refractivity contribution in [1.29, 1.82) is 0 Å². The number of hydrogen-bond donors (Lipinski definition) is 0. The molecule has 3 rings (SSSR count). The molecule has 0 saturated heterocycles. The van der Waals surface area contributed by atoms with Gasteiger partial charge in [-0.05, 0) is 17.0 Å². The van der Waals surface area contributed by atoms with Gasteiger partial charge >= 0.3 is 26.2 Å². The number of rotatable bonds is 1. The van der Waals surface area contributed by atoms with Crippen LogP contribution in [0, 0.1) is 6.42 Å². The van der Waals surface area contributed by atoms with Crippen LogP contribution in [-0.2, 0) is 26.2 Å². The number of fused-ring (bicyclic) bond motifs is 1. The van der Waals surface area contributed by atoms with Crippen molar-refractivity contribution >= 4 is 6.08 Å². The fraction of sp³-hybridized carbons (Fsp3) is 0.176. The summed E-state index contributed by atoms with van der Waals surface area (Å²) >= 11 is 0. The molecule has 0 fully saturated rings. The molecule has 0 nitrogen and oxygen atoms in total. The average molecular weight is 384 g/mol. The topological polar surface area (TPSA) is 0 Å². The van der Waals surface area contributed by atoms with Crippen LogP contribution in [0.4, 0.5) is 0 Å². The summed E-state index contributed by atoms with van der Waals surface area (Å²) in [6, 6.07) is 17.2. The van der Waals surface area contributed by atoms with E-state index in [0.717, 1.165) is 0 Å². The molecule has 0 N–H and O–H groups in total. The van der Waals surface area contributed by atoms with Gasteiger partial charge in [-0.25, -0.2) is 12.1 Å². The van der Waals surface area contributed by atoms with Gasteiger partial charge in [0.1, 0.15) is 0 Å². The predicted molar refractivity (Wildman–Crippen MR) is 75.0 cm³/mol. The Labute approximate surface area is 154 Å². The van der Waals surface area contributed by atoms with Gasteiger partial charge in [-0.3, -0.25) is 0 Å². The van der Waals surface area contributed by atoms with Gasteiger partial charge < -0.3 is 31.2 Å². The number of allylic oxidation sites excluding steroid dienone is 1. The number of benzene rings is 1. The molecular weight excluding hydrogens is 366 g/mol. The summed E-state index contributed by atoms with van der Waals surface area (Å²) in [7, 11) is 0. The zero-order valence-electron chi connectivity index (χ0n) is 11.7. The molecule has 3 heteroatoms. The van der Waals surface area contributed by atoms with Crippen molar-refractivity contribution in [2.24, 2.45) is 0 Å². The summed E-state index contributed by atoms with van der Waals surface area (Å²) < 4.78 is 0. The van der Waals surface area contributed by atoms with Crippen LogP contribution in [0.3, 0.4) is 0 Å². The molecule has 0 aliphatic heterocycles. The summed E-state index contributed by atoms with van der Waals surface area (Å²) in [5, 5.41) is 0. The Morgan fingerprint density at radius 1 is 0.950 bits per heavy atom. The van der Waals surface area contributed by atoms with Gasteiger partial charge in [-0.1, -0.05) is 36.4 Å². The molecule has 1 atom stereocenters. The molecular formula is C17H18Cl2Zr. The Hall–Kier alpha value is -0.227. The number of halogens is 2. The van der Waals surface area contributed by atoms with Crippen LogP contribution in [-0.4, -0.2) is 0 Å². The Kier molecular flexibility index (Phi) is 12.6. The van der Waals surface area contributed by atoms with Gasteiger partial charge in [-0.15, -0.1) is 5.56 Å². The van der Waals surface area contributed by atoms with Crippen molar-refractivity contribution in [1.82, 2.24) is 0 Å². The van der Waals surface area contributed by atoms with E-state index in [1.165, 1.54) is 16.7 Å². The molecule has 0 bridgehead atoms. The second-order valence-corrected chi connectivity index (χ2v) is 4.26. The van der Waals surface area contributed by atoms with Crippen molar-refractivity contribution in [3.05, 3.63) is 77.7 Å². The van der Waals surface area contributed by atoms with E-state index in [2.05, 4.69) is 60.7 Å². The van der Waals surface area contributed by atoms with Crippen molar-refractivity contribution in [3.63, 3.8) is 0 Å². The van der Waals surface area contributed by atoms with Crippen LogP contribution in [0.25, 0.3) is 6.08 Å². The van der Waals surface area contributed by atoms with E-state index in [1.807, 2.05) is 20.3 Å². The maximum absolute atomic E-state index is 2.28. The van der Waals surface area contributed by atoms with Crippen LogP contribution in [0.2, 0.25) is 0 Å². The van der Waals surface area contributed by atoms with Gasteiger partial charge in [0, 0.05) is 0 Å². The predicted octanol–water partition coefficient (Wildman–Crippen LogP) is -1.20. The molecule has 0 aromatic heterocycles. The molecule has 104 valence electrons. The Bertz CT molecular complexity index is 489. The first-order valence-corrected chi connectivity index (χ1v) is 6.09. The molecule has 0 radical (unpaired) electrons. The van der Waals surface area contributed by atoms with Gasteiger partial charge in [0.2, 0.25) is 0 Å². The maximum Gasteiger partial charge on any atom is 4.00 e. The van der Waals surface area contributed by atoms with Gasteiger partial charge in [-0.2, -0.15) is 26.0 Å². The normalized spacial score (nSPS) is 13.8. The molecule has 1 aliphatic carbocycles. The smallest absolute Gasteiger partial charge is 1.00 e. The Morgan fingerprint density at radius 3 is 2.10 bits per heavy atom. The van der Waals surface area contributed by atoms with E-state index in [9.17, 15) is 0 Å². The Balaban J connectivity index is 0. The fourth-order valence-corrected chi connectivity index (χ4v) is 2.14. The third-order valence-electron chi connectivity index (χ3n) is 2.85. The third kappa shape index (κ3) is 5.28. The van der Waals surface area contributed by atoms with Crippen molar-refractivity contribution in [2.45, 2.75) is 19.8 Å². The van der Waals surface area contributed by atoms with E-state index >= 15 is 0 Å². The summed E-state index contributed by atoms with van der Waals surface area (Å²) in [5.41, 5.74) is 4.18. The van der Waals surface area contributed by atoms with E-state index in [4.69, 9.17) is 0 Å². The first-order valence-electron chi connectivity index (χ1n) is 6.09. The van der Waals surface area contributed by atoms with E-state index in [0.29, 0.717) is 5.92 Å². The van der Waals surface area contributed by atoms with Crippen molar-refractivity contribution in [3.8, 4) is 0 Å². The molecule has 0 amide bonds. The molecule has 0 heterocycles. The molecule has 1 unspecified atom stereocenters. The monoisotopic (exact) mass is 382 g/mol. The van der Waals surface area contributed by atoms with E-state index < -0.39 is 0 Å². The average Bonchev–Trinajstić information content (AvgIpc) is 2.98. The van der Waals surface area contributed by atoms with Gasteiger partial charge in [0.05, 0.1) is 0 Å². The largest absolute Gasteiger partial charge is 4.00 e. The first-order chi connectivity index (χ1) is 8.36. The second-order valence-electron chi connectivity index (χ2n) is 4.26. The second kappa shape index (κ2) is 11.4. The first kappa shape index (κ1) is 22.1. The van der Waals surface area contributed by atoms with Gasteiger partial charge in [0.25, 0.3) is 0 Å². The molecule has 0 spiro atoms. The summed E-state index contributed by atoms with van der Waals surface area (Å²) in [6.45, 7) is 4.00. The third-order valence-corrected chi connectivity index (χ3v) is 2.85. The minimum absolute atomic E-state index is 0. The molecule has 1 aliphatic rings. The SMILES string of the molecule is C1=CC([c-]2cccc2)c2ccccc21.C[CH-]C.[Cl-].[Cl-].[Zr+4]. The fourth-order valence-electron chi connectivity index (χ4n) is 2.14. The molecule has 0 saturated carbocycles. The van der Waals surface area contributed by atoms with Gasteiger partial charge in [0.15, 0.2) is 0 Å². The molecule has 2 aromatic carbocycles. The van der Waals surface area contributed by atoms with Crippen LogP contribution in [0.1, 0.15) is 36.5 Å². The Morgan fingerprint density at radius 2 is 1.50 bits per heavy atom. The van der Waals surface area contributed by atoms with E-state index in [1.54, 1.807) is 0 Å². The minimum Gasteiger partial charge on any atom is -1.00 e. The van der Waals surface area contributed by atoms with Crippen molar-refractivity contribution < 1.29 is 51.0 Å². The molecule has 2 aromatic rings. The number of hydrogen-bond acceptors (Lipinski definition) is 0. The zero-order valence-corrected chi connectivity index (χ0v) is 15.7. The van der Waals surface area contributed by atoms with Crippen LogP contribution >= 0.6 is 0 Å². The minimum atomic E-state index is 0. The zero-order chi connectivity index (χ0) is 12.1. The standard InChI is InChI=1S/C14H11.C3H7.2ClH.Zr/c1-2-6-11(5-1)14-10-9-12-7-3-4-8-13(12)14;1-3-2;;;/h1-10,14H;3H,1-2H3;2*1H;/q2*-1;;;+4/p-2. The van der Waals surface area contributed by atoms with E-state index in [-0.39, 0.29) is 51.0 Å². The van der Waals surface area contributed by atoms with Crippen LogP contribution in [0.15, 0.2) is 54.6 Å². The van der Waals surface area contributed by atoms with Crippen molar-refractivity contribution in [2.75, 3.05) is 0 Å². The maximum atomic E-state index is 2.28. The van der Waals surface area contributed by atoms with Crippen LogP contribution in [0.5, 0.6) is 0 Å². The quantitative estimate of drug-likeness (QED) is 0.542.